The van der Waals surface area contributed by atoms with E-state index in [1.54, 1.807) is 0 Å². The first kappa shape index (κ1) is 14.9. The second-order valence-electron chi connectivity index (χ2n) is 5.33. The van der Waals surface area contributed by atoms with Gasteiger partial charge in [-0.1, -0.05) is 29.8 Å². The lowest BCUT2D eigenvalue weighted by molar-refractivity contribution is 0.281. The third-order valence-corrected chi connectivity index (χ3v) is 3.78. The first-order valence-electron chi connectivity index (χ1n) is 7.20. The van der Waals surface area contributed by atoms with Gasteiger partial charge in [0.05, 0.1) is 0 Å². The summed E-state index contributed by atoms with van der Waals surface area (Å²) in [4.78, 5) is 4.39. The van der Waals surface area contributed by atoms with Crippen LogP contribution >= 0.6 is 11.6 Å². The molecule has 1 aliphatic heterocycles. The van der Waals surface area contributed by atoms with Crippen molar-refractivity contribution in [3.63, 3.8) is 0 Å². The number of nitrogens with two attached hydrogens (primary N) is 1. The smallest absolute Gasteiger partial charge is 0.153 e. The quantitative estimate of drug-likeness (QED) is 0.909. The first-order valence-corrected chi connectivity index (χ1v) is 7.58. The van der Waals surface area contributed by atoms with Crippen molar-refractivity contribution in [2.75, 3.05) is 0 Å². The van der Waals surface area contributed by atoms with Crippen LogP contribution in [0.2, 0.25) is 5.02 Å². The minimum absolute atomic E-state index is 0.167. The molecule has 0 spiro atoms. The molecule has 3 N–H and O–H groups in total. The van der Waals surface area contributed by atoms with Crippen LogP contribution in [0.4, 0.5) is 5.69 Å². The molecule has 2 aromatic carbocycles. The van der Waals surface area contributed by atoms with E-state index >= 15 is 0 Å². The van der Waals surface area contributed by atoms with Crippen LogP contribution in [0.1, 0.15) is 18.1 Å². The SMILES string of the molecule is CC1Oc2ccc(CNCc3cccc(Cl)c3)cc2N=C1N. The van der Waals surface area contributed by atoms with Gasteiger partial charge in [-0.2, -0.15) is 0 Å². The van der Waals surface area contributed by atoms with Crippen LogP contribution in [0, 0.1) is 0 Å². The number of hydrogen-bond donors (Lipinski definition) is 2. The standard InChI is InChI=1S/C17H18ClN3O/c1-11-17(19)21-15-8-13(5-6-16(15)22-11)10-20-9-12-3-2-4-14(18)7-12/h2-8,11,20H,9-10H2,1H3,(H2,19,21). The van der Waals surface area contributed by atoms with E-state index in [1.807, 2.05) is 49.4 Å². The number of halogens is 1. The minimum Gasteiger partial charge on any atom is -0.481 e. The highest BCUT2D eigenvalue weighted by Gasteiger charge is 2.18. The molecule has 1 aliphatic rings. The Bertz CT molecular complexity index is 715. The Kier molecular flexibility index (Phi) is 4.32. The van der Waals surface area contributed by atoms with E-state index in [0.29, 0.717) is 5.84 Å². The van der Waals surface area contributed by atoms with Gasteiger partial charge in [0.15, 0.2) is 6.10 Å². The van der Waals surface area contributed by atoms with E-state index in [4.69, 9.17) is 22.1 Å². The van der Waals surface area contributed by atoms with E-state index in [1.165, 1.54) is 0 Å². The zero-order valence-corrected chi connectivity index (χ0v) is 13.1. The molecule has 5 heteroatoms. The molecule has 0 saturated heterocycles. The van der Waals surface area contributed by atoms with Gasteiger partial charge in [-0.15, -0.1) is 0 Å². The maximum Gasteiger partial charge on any atom is 0.153 e. The maximum atomic E-state index is 5.98. The van der Waals surface area contributed by atoms with Crippen LogP contribution in [-0.4, -0.2) is 11.9 Å². The molecule has 4 nitrogen and oxygen atoms in total. The number of ether oxygens (including phenoxy) is 1. The summed E-state index contributed by atoms with van der Waals surface area (Å²) in [7, 11) is 0. The molecular weight excluding hydrogens is 298 g/mol. The van der Waals surface area contributed by atoms with Crippen LogP contribution in [-0.2, 0) is 13.1 Å². The maximum absolute atomic E-state index is 5.98. The van der Waals surface area contributed by atoms with Crippen LogP contribution in [0.15, 0.2) is 47.5 Å². The molecule has 0 saturated carbocycles. The fraction of sp³-hybridized carbons (Fsp3) is 0.235. The minimum atomic E-state index is -0.167. The van der Waals surface area contributed by atoms with Crippen LogP contribution in [0.5, 0.6) is 5.75 Å². The summed E-state index contributed by atoms with van der Waals surface area (Å²) in [6.07, 6.45) is -0.167. The Labute approximate surface area is 135 Å². The largest absolute Gasteiger partial charge is 0.481 e. The van der Waals surface area contributed by atoms with Crippen molar-refractivity contribution < 1.29 is 4.74 Å². The fourth-order valence-electron chi connectivity index (χ4n) is 2.34. The Morgan fingerprint density at radius 2 is 1.95 bits per heavy atom. The highest BCUT2D eigenvalue weighted by molar-refractivity contribution is 6.30. The third-order valence-electron chi connectivity index (χ3n) is 3.54. The summed E-state index contributed by atoms with van der Waals surface area (Å²) in [6, 6.07) is 13.8. The lowest BCUT2D eigenvalue weighted by Gasteiger charge is -2.21. The monoisotopic (exact) mass is 315 g/mol. The summed E-state index contributed by atoms with van der Waals surface area (Å²) in [5.41, 5.74) is 8.91. The van der Waals surface area contributed by atoms with Gasteiger partial charge in [0.2, 0.25) is 0 Å². The second-order valence-corrected chi connectivity index (χ2v) is 5.77. The first-order chi connectivity index (χ1) is 10.6. The normalized spacial score (nSPS) is 16.6. The summed E-state index contributed by atoms with van der Waals surface area (Å²) in [5, 5.41) is 4.15. The van der Waals surface area contributed by atoms with Crippen molar-refractivity contribution in [2.24, 2.45) is 10.7 Å². The highest BCUT2D eigenvalue weighted by atomic mass is 35.5. The number of benzene rings is 2. The van der Waals surface area contributed by atoms with Gasteiger partial charge in [0.25, 0.3) is 0 Å². The van der Waals surface area contributed by atoms with Crippen molar-refractivity contribution in [1.82, 2.24) is 5.32 Å². The zero-order chi connectivity index (χ0) is 15.5. The summed E-state index contributed by atoms with van der Waals surface area (Å²) >= 11 is 5.98. The number of fused-ring (bicyclic) bond motifs is 1. The van der Waals surface area contributed by atoms with Crippen LogP contribution in [0.3, 0.4) is 0 Å². The van der Waals surface area contributed by atoms with Gasteiger partial charge < -0.3 is 15.8 Å². The predicted octanol–water partition coefficient (Wildman–Crippen LogP) is 3.40. The molecule has 2 aromatic rings. The van der Waals surface area contributed by atoms with Crippen molar-refractivity contribution in [2.45, 2.75) is 26.1 Å². The highest BCUT2D eigenvalue weighted by Crippen LogP contribution is 2.32. The molecular formula is C17H18ClN3O. The second kappa shape index (κ2) is 6.38. The van der Waals surface area contributed by atoms with Crippen molar-refractivity contribution >= 4 is 23.1 Å². The lowest BCUT2D eigenvalue weighted by Crippen LogP contribution is -2.33. The van der Waals surface area contributed by atoms with Gasteiger partial charge in [-0.05, 0) is 42.3 Å². The van der Waals surface area contributed by atoms with Gasteiger partial charge in [-0.25, -0.2) is 4.99 Å². The Morgan fingerprint density at radius 3 is 2.73 bits per heavy atom. The molecule has 1 atom stereocenters. The summed E-state index contributed by atoms with van der Waals surface area (Å²) < 4.78 is 5.70. The number of aliphatic imine (C=N–C) groups is 1. The van der Waals surface area contributed by atoms with Gasteiger partial charge in [0, 0.05) is 18.1 Å². The molecule has 0 amide bonds. The number of amidine groups is 1. The molecule has 3 rings (SSSR count). The molecule has 114 valence electrons. The van der Waals surface area contributed by atoms with Crippen molar-refractivity contribution in [3.05, 3.63) is 58.6 Å². The van der Waals surface area contributed by atoms with Crippen molar-refractivity contribution in [3.8, 4) is 5.75 Å². The average Bonchev–Trinajstić information content (AvgIpc) is 2.49. The lowest BCUT2D eigenvalue weighted by atomic mass is 10.1. The van der Waals surface area contributed by atoms with Gasteiger partial charge >= 0.3 is 0 Å². The third kappa shape index (κ3) is 3.40. The Morgan fingerprint density at radius 1 is 1.18 bits per heavy atom. The molecule has 0 radical (unpaired) electrons. The molecule has 0 fully saturated rings. The molecule has 22 heavy (non-hydrogen) atoms. The zero-order valence-electron chi connectivity index (χ0n) is 12.3. The molecule has 1 unspecified atom stereocenters. The molecule has 1 heterocycles. The number of nitrogens with zero attached hydrogens (tertiary/aromatic N) is 1. The number of nitrogens with one attached hydrogen (secondary N) is 1. The molecule has 0 aliphatic carbocycles. The van der Waals surface area contributed by atoms with Crippen LogP contribution < -0.4 is 15.8 Å². The number of rotatable bonds is 4. The summed E-state index contributed by atoms with van der Waals surface area (Å²) in [5.74, 6) is 1.29. The van der Waals surface area contributed by atoms with Crippen molar-refractivity contribution in [1.29, 1.82) is 0 Å². The van der Waals surface area contributed by atoms with Gasteiger partial charge in [0.1, 0.15) is 17.3 Å². The molecule has 0 bridgehead atoms. The van der Waals surface area contributed by atoms with E-state index in [0.717, 1.165) is 40.7 Å². The number of hydrogen-bond acceptors (Lipinski definition) is 4. The van der Waals surface area contributed by atoms with Crippen LogP contribution in [0.25, 0.3) is 0 Å². The fourth-order valence-corrected chi connectivity index (χ4v) is 2.55. The summed E-state index contributed by atoms with van der Waals surface area (Å²) in [6.45, 7) is 3.39. The predicted molar refractivity (Wildman–Crippen MR) is 89.8 cm³/mol. The average molecular weight is 316 g/mol. The van der Waals surface area contributed by atoms with E-state index in [2.05, 4.69) is 10.3 Å². The van der Waals surface area contributed by atoms with Gasteiger partial charge in [-0.3, -0.25) is 0 Å². The Balaban J connectivity index is 1.64. The Hall–Kier alpha value is -2.04. The van der Waals surface area contributed by atoms with E-state index in [9.17, 15) is 0 Å². The topological polar surface area (TPSA) is 59.6 Å². The van der Waals surface area contributed by atoms with E-state index in [-0.39, 0.29) is 6.10 Å². The van der Waals surface area contributed by atoms with E-state index < -0.39 is 0 Å². The molecule has 0 aromatic heterocycles.